The molecule has 2 heterocycles. The van der Waals surface area contributed by atoms with E-state index in [1.165, 1.54) is 16.8 Å². The van der Waals surface area contributed by atoms with Gasteiger partial charge in [0, 0.05) is 50.4 Å². The van der Waals surface area contributed by atoms with Crippen LogP contribution in [0.4, 0.5) is 5.69 Å². The first-order valence-corrected chi connectivity index (χ1v) is 10.7. The average molecular weight is 391 g/mol. The Labute approximate surface area is 173 Å². The molecule has 5 nitrogen and oxygen atoms in total. The van der Waals surface area contributed by atoms with Gasteiger partial charge in [0.15, 0.2) is 0 Å². The maximum atomic E-state index is 12.6. The number of carbonyl (C=O) groups is 1. The van der Waals surface area contributed by atoms with E-state index in [0.717, 1.165) is 51.3 Å². The van der Waals surface area contributed by atoms with Crippen molar-refractivity contribution in [1.29, 1.82) is 0 Å². The number of aryl methyl sites for hydroxylation is 1. The smallest absolute Gasteiger partial charge is 0.242 e. The van der Waals surface area contributed by atoms with Crippen LogP contribution in [0.1, 0.15) is 30.4 Å². The molecule has 29 heavy (non-hydrogen) atoms. The van der Waals surface area contributed by atoms with Gasteiger partial charge in [-0.05, 0) is 37.5 Å². The maximum Gasteiger partial charge on any atom is 0.242 e. The Hall–Kier alpha value is -2.66. The van der Waals surface area contributed by atoms with Crippen LogP contribution in [0.15, 0.2) is 59.7 Å². The Kier molecular flexibility index (Phi) is 6.25. The Morgan fingerprint density at radius 1 is 0.862 bits per heavy atom. The van der Waals surface area contributed by atoms with Crippen LogP contribution in [0, 0.1) is 6.92 Å². The van der Waals surface area contributed by atoms with E-state index >= 15 is 0 Å². The third-order valence-electron chi connectivity index (χ3n) is 5.91. The molecule has 2 aromatic carbocycles. The van der Waals surface area contributed by atoms with Crippen LogP contribution in [-0.4, -0.2) is 60.8 Å². The second-order valence-corrected chi connectivity index (χ2v) is 7.90. The molecule has 4 rings (SSSR count). The Morgan fingerprint density at radius 2 is 1.59 bits per heavy atom. The summed E-state index contributed by atoms with van der Waals surface area (Å²) >= 11 is 0. The fourth-order valence-corrected chi connectivity index (χ4v) is 4.15. The van der Waals surface area contributed by atoms with Gasteiger partial charge in [-0.3, -0.25) is 9.69 Å². The van der Waals surface area contributed by atoms with E-state index in [-0.39, 0.29) is 5.91 Å². The number of nitrogens with zero attached hydrogens (tertiary/aromatic N) is 4. The van der Waals surface area contributed by atoms with Crippen LogP contribution in [0.25, 0.3) is 0 Å². The van der Waals surface area contributed by atoms with E-state index in [2.05, 4.69) is 59.2 Å². The number of para-hydroxylation sites is 1. The number of anilines is 1. The molecule has 0 radical (unpaired) electrons. The molecule has 0 N–H and O–H groups in total. The van der Waals surface area contributed by atoms with Gasteiger partial charge in [-0.2, -0.15) is 5.10 Å². The average Bonchev–Trinajstić information content (AvgIpc) is 2.95. The molecular formula is C24H30N4O. The Bertz CT molecular complexity index is 856. The van der Waals surface area contributed by atoms with Gasteiger partial charge < -0.3 is 4.90 Å². The molecule has 0 aliphatic carbocycles. The van der Waals surface area contributed by atoms with Crippen molar-refractivity contribution in [3.63, 3.8) is 0 Å². The molecule has 152 valence electrons. The highest BCUT2D eigenvalue weighted by atomic mass is 16.2. The van der Waals surface area contributed by atoms with Gasteiger partial charge in [0.2, 0.25) is 5.91 Å². The van der Waals surface area contributed by atoms with Crippen LogP contribution >= 0.6 is 0 Å². The first kappa shape index (κ1) is 19.6. The van der Waals surface area contributed by atoms with E-state index in [9.17, 15) is 4.79 Å². The first-order chi connectivity index (χ1) is 14.2. The van der Waals surface area contributed by atoms with Gasteiger partial charge in [0.25, 0.3) is 0 Å². The van der Waals surface area contributed by atoms with E-state index in [0.29, 0.717) is 13.0 Å². The van der Waals surface area contributed by atoms with E-state index < -0.39 is 0 Å². The third kappa shape index (κ3) is 4.85. The van der Waals surface area contributed by atoms with Crippen LogP contribution < -0.4 is 4.90 Å². The van der Waals surface area contributed by atoms with Crippen molar-refractivity contribution in [2.24, 2.45) is 5.10 Å². The molecule has 1 amide bonds. The van der Waals surface area contributed by atoms with Gasteiger partial charge >= 0.3 is 0 Å². The quantitative estimate of drug-likeness (QED) is 0.784. The van der Waals surface area contributed by atoms with E-state index in [1.807, 2.05) is 12.1 Å². The fraction of sp³-hybridized carbons (Fsp3) is 0.417. The standard InChI is InChI=1S/C24H30N4O/c1-20-8-5-6-11-22(20)23-12-7-13-24(29)28(25-23)19-16-26-14-17-27(18-15-26)21-9-3-2-4-10-21/h2-6,8-11H,7,12-19H2,1H3. The Morgan fingerprint density at radius 3 is 2.34 bits per heavy atom. The fourth-order valence-electron chi connectivity index (χ4n) is 4.15. The largest absolute Gasteiger partial charge is 0.369 e. The summed E-state index contributed by atoms with van der Waals surface area (Å²) in [5.74, 6) is 0.150. The van der Waals surface area contributed by atoms with Crippen LogP contribution in [0.2, 0.25) is 0 Å². The number of carbonyl (C=O) groups excluding carboxylic acids is 1. The van der Waals surface area contributed by atoms with Gasteiger partial charge in [0.1, 0.15) is 0 Å². The summed E-state index contributed by atoms with van der Waals surface area (Å²) in [5, 5.41) is 6.52. The number of hydrazone groups is 1. The molecule has 2 aliphatic heterocycles. The topological polar surface area (TPSA) is 39.1 Å². The maximum absolute atomic E-state index is 12.6. The van der Waals surface area contributed by atoms with Crippen LogP contribution in [-0.2, 0) is 4.79 Å². The summed E-state index contributed by atoms with van der Waals surface area (Å²) in [5.41, 5.74) is 4.73. The highest BCUT2D eigenvalue weighted by Crippen LogP contribution is 2.19. The summed E-state index contributed by atoms with van der Waals surface area (Å²) in [6.45, 7) is 7.74. The zero-order valence-corrected chi connectivity index (χ0v) is 17.3. The highest BCUT2D eigenvalue weighted by molar-refractivity contribution is 6.02. The third-order valence-corrected chi connectivity index (χ3v) is 5.91. The lowest BCUT2D eigenvalue weighted by Crippen LogP contribution is -2.48. The molecule has 2 aliphatic rings. The minimum absolute atomic E-state index is 0.150. The van der Waals surface area contributed by atoms with Crippen molar-refractivity contribution in [2.75, 3.05) is 44.2 Å². The van der Waals surface area contributed by atoms with Gasteiger partial charge in [-0.25, -0.2) is 5.01 Å². The molecule has 2 aromatic rings. The van der Waals surface area contributed by atoms with Gasteiger partial charge in [-0.15, -0.1) is 0 Å². The van der Waals surface area contributed by atoms with Gasteiger partial charge in [-0.1, -0.05) is 42.5 Å². The van der Waals surface area contributed by atoms with Gasteiger partial charge in [0.05, 0.1) is 12.3 Å². The molecule has 5 heteroatoms. The number of piperazine rings is 1. The number of benzene rings is 2. The molecule has 1 fully saturated rings. The summed E-state index contributed by atoms with van der Waals surface area (Å²) in [7, 11) is 0. The number of rotatable bonds is 5. The summed E-state index contributed by atoms with van der Waals surface area (Å²) in [6, 6.07) is 18.9. The van der Waals surface area contributed by atoms with E-state index in [4.69, 9.17) is 5.10 Å². The minimum atomic E-state index is 0.150. The number of hydrogen-bond acceptors (Lipinski definition) is 4. The second kappa shape index (κ2) is 9.23. The van der Waals surface area contributed by atoms with Crippen molar-refractivity contribution >= 4 is 17.3 Å². The summed E-state index contributed by atoms with van der Waals surface area (Å²) < 4.78 is 0. The zero-order valence-electron chi connectivity index (χ0n) is 17.3. The summed E-state index contributed by atoms with van der Waals surface area (Å²) in [6.07, 6.45) is 2.32. The lowest BCUT2D eigenvalue weighted by molar-refractivity contribution is -0.131. The SMILES string of the molecule is Cc1ccccc1C1=NN(CCN2CCN(c3ccccc3)CC2)C(=O)CCC1. The van der Waals surface area contributed by atoms with Crippen molar-refractivity contribution < 1.29 is 4.79 Å². The predicted octanol–water partition coefficient (Wildman–Crippen LogP) is 3.53. The zero-order chi connectivity index (χ0) is 20.1. The van der Waals surface area contributed by atoms with Crippen molar-refractivity contribution in [1.82, 2.24) is 9.91 Å². The van der Waals surface area contributed by atoms with Crippen LogP contribution in [0.3, 0.4) is 0 Å². The predicted molar refractivity (Wildman–Crippen MR) is 118 cm³/mol. The van der Waals surface area contributed by atoms with Crippen molar-refractivity contribution in [3.05, 3.63) is 65.7 Å². The lowest BCUT2D eigenvalue weighted by atomic mass is 10.0. The molecule has 0 bridgehead atoms. The molecule has 0 spiro atoms. The Balaban J connectivity index is 1.36. The molecule has 0 atom stereocenters. The molecule has 1 saturated heterocycles. The molecule has 0 saturated carbocycles. The number of amides is 1. The molecule has 0 unspecified atom stereocenters. The monoisotopic (exact) mass is 390 g/mol. The normalized spacial score (nSPS) is 18.5. The lowest BCUT2D eigenvalue weighted by Gasteiger charge is -2.36. The van der Waals surface area contributed by atoms with Crippen molar-refractivity contribution in [3.8, 4) is 0 Å². The minimum Gasteiger partial charge on any atom is -0.369 e. The molecular weight excluding hydrogens is 360 g/mol. The second-order valence-electron chi connectivity index (χ2n) is 7.90. The van der Waals surface area contributed by atoms with E-state index in [1.54, 1.807) is 5.01 Å². The first-order valence-electron chi connectivity index (χ1n) is 10.7. The molecule has 0 aromatic heterocycles. The van der Waals surface area contributed by atoms with Crippen molar-refractivity contribution in [2.45, 2.75) is 26.2 Å². The van der Waals surface area contributed by atoms with Crippen LogP contribution in [0.5, 0.6) is 0 Å². The summed E-state index contributed by atoms with van der Waals surface area (Å²) in [4.78, 5) is 17.5. The highest BCUT2D eigenvalue weighted by Gasteiger charge is 2.22. The number of hydrogen-bond donors (Lipinski definition) is 0.